The molecule has 0 spiro atoms. The summed E-state index contributed by atoms with van der Waals surface area (Å²) in [7, 11) is 3.08. The van der Waals surface area contributed by atoms with E-state index in [9.17, 15) is 4.79 Å². The van der Waals surface area contributed by atoms with E-state index in [0.717, 1.165) is 42.0 Å². The molecule has 1 saturated heterocycles. The summed E-state index contributed by atoms with van der Waals surface area (Å²) in [5, 5.41) is 3.67. The predicted molar refractivity (Wildman–Crippen MR) is 98.6 cm³/mol. The van der Waals surface area contributed by atoms with Crippen LogP contribution in [0.15, 0.2) is 42.5 Å². The van der Waals surface area contributed by atoms with Gasteiger partial charge < -0.3 is 19.5 Å². The Balaban J connectivity index is 1.69. The van der Waals surface area contributed by atoms with Crippen LogP contribution in [0, 0.1) is 5.92 Å². The van der Waals surface area contributed by atoms with Gasteiger partial charge in [0.25, 0.3) is 0 Å². The molecule has 2 aromatic rings. The average molecular weight is 353 g/mol. The Bertz CT molecular complexity index is 802. The van der Waals surface area contributed by atoms with Crippen LogP contribution in [0.2, 0.25) is 0 Å². The number of hydrogen-bond acceptors (Lipinski definition) is 5. The van der Waals surface area contributed by atoms with Gasteiger partial charge in [0, 0.05) is 23.8 Å². The van der Waals surface area contributed by atoms with E-state index in [-0.39, 0.29) is 18.1 Å². The minimum absolute atomic E-state index is 0.0559. The molecular formula is C21H23NO4. The summed E-state index contributed by atoms with van der Waals surface area (Å²) in [4.78, 5) is 11.7. The van der Waals surface area contributed by atoms with Gasteiger partial charge in [-0.05, 0) is 48.7 Å². The number of methoxy groups -OCH3 is 2. The van der Waals surface area contributed by atoms with E-state index in [0.29, 0.717) is 11.5 Å². The molecule has 136 valence electrons. The molecule has 0 amide bonds. The second-order valence-corrected chi connectivity index (χ2v) is 6.79. The fraction of sp³-hybridized carbons (Fsp3) is 0.381. The summed E-state index contributed by atoms with van der Waals surface area (Å²) >= 11 is 0. The van der Waals surface area contributed by atoms with Crippen molar-refractivity contribution in [1.29, 1.82) is 0 Å². The topological polar surface area (TPSA) is 56.8 Å². The van der Waals surface area contributed by atoms with Crippen LogP contribution >= 0.6 is 0 Å². The lowest BCUT2D eigenvalue weighted by atomic mass is 9.77. The van der Waals surface area contributed by atoms with Crippen LogP contribution < -0.4 is 10.1 Å². The van der Waals surface area contributed by atoms with Crippen molar-refractivity contribution in [3.63, 3.8) is 0 Å². The smallest absolute Gasteiger partial charge is 0.337 e. The molecule has 2 unspecified atom stereocenters. The van der Waals surface area contributed by atoms with Gasteiger partial charge in [0.2, 0.25) is 0 Å². The van der Waals surface area contributed by atoms with Crippen LogP contribution in [0.4, 0.5) is 5.69 Å². The minimum Gasteiger partial charge on any atom is -0.497 e. The first-order valence-electron chi connectivity index (χ1n) is 8.95. The summed E-state index contributed by atoms with van der Waals surface area (Å²) in [5.74, 6) is 0.871. The fourth-order valence-corrected chi connectivity index (χ4v) is 4.05. The van der Waals surface area contributed by atoms with Crippen molar-refractivity contribution >= 4 is 11.7 Å². The van der Waals surface area contributed by atoms with Gasteiger partial charge in [-0.2, -0.15) is 0 Å². The van der Waals surface area contributed by atoms with E-state index >= 15 is 0 Å². The molecule has 0 aliphatic carbocycles. The highest BCUT2D eigenvalue weighted by Gasteiger charge is 2.40. The summed E-state index contributed by atoms with van der Waals surface area (Å²) in [6.45, 7) is 0.784. The molecule has 0 saturated carbocycles. The monoisotopic (exact) mass is 353 g/mol. The van der Waals surface area contributed by atoms with Gasteiger partial charge >= 0.3 is 5.97 Å². The van der Waals surface area contributed by atoms with E-state index < -0.39 is 0 Å². The third-order valence-corrected chi connectivity index (χ3v) is 5.36. The maximum absolute atomic E-state index is 11.7. The van der Waals surface area contributed by atoms with Gasteiger partial charge in [0.1, 0.15) is 5.75 Å². The van der Waals surface area contributed by atoms with E-state index in [1.54, 1.807) is 7.11 Å². The highest BCUT2D eigenvalue weighted by Crippen LogP contribution is 2.49. The molecule has 1 N–H and O–H groups in total. The third-order valence-electron chi connectivity index (χ3n) is 5.36. The Morgan fingerprint density at radius 1 is 1.15 bits per heavy atom. The number of rotatable bonds is 3. The molecule has 2 aliphatic rings. The van der Waals surface area contributed by atoms with Gasteiger partial charge in [-0.25, -0.2) is 4.79 Å². The van der Waals surface area contributed by atoms with E-state index in [1.807, 2.05) is 30.3 Å². The zero-order valence-corrected chi connectivity index (χ0v) is 15.0. The molecule has 26 heavy (non-hydrogen) atoms. The zero-order valence-electron chi connectivity index (χ0n) is 15.0. The van der Waals surface area contributed by atoms with Crippen molar-refractivity contribution in [2.45, 2.75) is 25.0 Å². The number of esters is 1. The molecule has 2 aliphatic heterocycles. The third kappa shape index (κ3) is 2.92. The van der Waals surface area contributed by atoms with Gasteiger partial charge in [-0.15, -0.1) is 0 Å². The van der Waals surface area contributed by atoms with Crippen molar-refractivity contribution in [2.75, 3.05) is 26.1 Å². The SMILES string of the molecule is COC(=O)c1ccc([C@@H]2Nc3ccc(OC)cc3C3OCCCC32)cc1. The Morgan fingerprint density at radius 3 is 2.69 bits per heavy atom. The normalized spacial score (nSPS) is 24.0. The van der Waals surface area contributed by atoms with Crippen molar-refractivity contribution in [2.24, 2.45) is 5.92 Å². The van der Waals surface area contributed by atoms with Crippen molar-refractivity contribution in [3.8, 4) is 5.75 Å². The highest BCUT2D eigenvalue weighted by molar-refractivity contribution is 5.89. The maximum atomic E-state index is 11.7. The van der Waals surface area contributed by atoms with Crippen molar-refractivity contribution < 1.29 is 19.0 Å². The Kier molecular flexibility index (Phi) is 4.55. The van der Waals surface area contributed by atoms with Crippen LogP contribution in [0.25, 0.3) is 0 Å². The first-order chi connectivity index (χ1) is 12.7. The van der Waals surface area contributed by atoms with Crippen LogP contribution in [-0.4, -0.2) is 26.8 Å². The largest absolute Gasteiger partial charge is 0.497 e. The molecule has 1 fully saturated rings. The van der Waals surface area contributed by atoms with Gasteiger partial charge in [0.05, 0.1) is 31.9 Å². The number of fused-ring (bicyclic) bond motifs is 3. The number of carbonyl (C=O) groups is 1. The molecule has 5 nitrogen and oxygen atoms in total. The Labute approximate surface area is 153 Å². The number of carbonyl (C=O) groups excluding carboxylic acids is 1. The molecule has 0 bridgehead atoms. The molecule has 3 atom stereocenters. The molecule has 0 radical (unpaired) electrons. The molecule has 2 aromatic carbocycles. The second-order valence-electron chi connectivity index (χ2n) is 6.79. The van der Waals surface area contributed by atoms with Crippen LogP contribution in [0.5, 0.6) is 5.75 Å². The number of nitrogens with one attached hydrogen (secondary N) is 1. The molecular weight excluding hydrogens is 330 g/mol. The number of anilines is 1. The second kappa shape index (κ2) is 7.00. The lowest BCUT2D eigenvalue weighted by molar-refractivity contribution is -0.0382. The Morgan fingerprint density at radius 2 is 1.96 bits per heavy atom. The quantitative estimate of drug-likeness (QED) is 0.842. The summed E-state index contributed by atoms with van der Waals surface area (Å²) < 4.78 is 16.3. The average Bonchev–Trinajstić information content (AvgIpc) is 2.72. The number of hydrogen-bond donors (Lipinski definition) is 1. The fourth-order valence-electron chi connectivity index (χ4n) is 4.05. The zero-order chi connectivity index (χ0) is 18.1. The number of benzene rings is 2. The summed E-state index contributed by atoms with van der Waals surface area (Å²) in [6.07, 6.45) is 2.21. The lowest BCUT2D eigenvalue weighted by Gasteiger charge is -2.43. The lowest BCUT2D eigenvalue weighted by Crippen LogP contribution is -2.36. The van der Waals surface area contributed by atoms with E-state index in [4.69, 9.17) is 14.2 Å². The molecule has 2 heterocycles. The molecule has 4 rings (SSSR count). The standard InChI is InChI=1S/C21H23NO4/c1-24-15-9-10-18-17(12-15)20-16(4-3-11-26-20)19(22-18)13-5-7-14(8-6-13)21(23)25-2/h5-10,12,16,19-20,22H,3-4,11H2,1-2H3/t16?,19-,20?/m0/s1. The van der Waals surface area contributed by atoms with Crippen molar-refractivity contribution in [1.82, 2.24) is 0 Å². The Hall–Kier alpha value is -2.53. The van der Waals surface area contributed by atoms with E-state index in [2.05, 4.69) is 17.4 Å². The molecule has 5 heteroatoms. The van der Waals surface area contributed by atoms with Gasteiger partial charge in [0.15, 0.2) is 0 Å². The first kappa shape index (κ1) is 16.9. The van der Waals surface area contributed by atoms with Crippen LogP contribution in [0.3, 0.4) is 0 Å². The van der Waals surface area contributed by atoms with Crippen LogP contribution in [-0.2, 0) is 9.47 Å². The number of ether oxygens (including phenoxy) is 3. The summed E-state index contributed by atoms with van der Waals surface area (Å²) in [5.41, 5.74) is 3.96. The van der Waals surface area contributed by atoms with E-state index in [1.165, 1.54) is 7.11 Å². The van der Waals surface area contributed by atoms with Gasteiger partial charge in [-0.3, -0.25) is 0 Å². The van der Waals surface area contributed by atoms with Crippen LogP contribution in [0.1, 0.15) is 46.5 Å². The maximum Gasteiger partial charge on any atom is 0.337 e. The van der Waals surface area contributed by atoms with Crippen molar-refractivity contribution in [3.05, 3.63) is 59.2 Å². The summed E-state index contributed by atoms with van der Waals surface area (Å²) in [6, 6.07) is 13.9. The predicted octanol–water partition coefficient (Wildman–Crippen LogP) is 4.12. The molecule has 0 aromatic heterocycles. The first-order valence-corrected chi connectivity index (χ1v) is 8.95. The minimum atomic E-state index is -0.315. The van der Waals surface area contributed by atoms with Gasteiger partial charge in [-0.1, -0.05) is 12.1 Å². The highest BCUT2D eigenvalue weighted by atomic mass is 16.5.